The van der Waals surface area contributed by atoms with Crippen molar-refractivity contribution in [2.45, 2.75) is 26.2 Å². The molecule has 0 aliphatic carbocycles. The summed E-state index contributed by atoms with van der Waals surface area (Å²) >= 11 is 0. The summed E-state index contributed by atoms with van der Waals surface area (Å²) in [5, 5.41) is 3.88. The number of nitrogens with one attached hydrogen (secondary N) is 2. The lowest BCUT2D eigenvalue weighted by atomic mass is 10.0. The molecular weight excluding hydrogens is 245 g/mol. The van der Waals surface area contributed by atoms with Crippen LogP contribution in [0.15, 0.2) is 23.3 Å². The number of H-pyrrole nitrogens is 1. The number of rotatable bonds is 1. The third kappa shape index (κ3) is 2.66. The Kier molecular flexibility index (Phi) is 4.27. The number of halogens is 1. The van der Waals surface area contributed by atoms with E-state index in [1.165, 1.54) is 6.20 Å². The van der Waals surface area contributed by atoms with Gasteiger partial charge in [-0.2, -0.15) is 0 Å². The summed E-state index contributed by atoms with van der Waals surface area (Å²) in [5.74, 6) is -0.180. The minimum atomic E-state index is -0.444. The summed E-state index contributed by atoms with van der Waals surface area (Å²) in [7, 11) is 0. The highest BCUT2D eigenvalue weighted by molar-refractivity contribution is 5.81. The number of hydrogen-bond acceptors (Lipinski definition) is 3. The van der Waals surface area contributed by atoms with Crippen molar-refractivity contribution in [1.82, 2.24) is 15.3 Å². The zero-order valence-electron chi connectivity index (χ0n) is 11.2. The van der Waals surface area contributed by atoms with E-state index in [2.05, 4.69) is 15.3 Å². The van der Waals surface area contributed by atoms with Gasteiger partial charge in [-0.1, -0.05) is 13.8 Å². The molecule has 4 nitrogen and oxygen atoms in total. The van der Waals surface area contributed by atoms with Crippen LogP contribution in [0.1, 0.15) is 31.9 Å². The zero-order chi connectivity index (χ0) is 13.8. The predicted octanol–water partition coefficient (Wildman–Crippen LogP) is 2.17. The highest BCUT2D eigenvalue weighted by Crippen LogP contribution is 2.22. The summed E-state index contributed by atoms with van der Waals surface area (Å²) < 4.78 is 13.6. The van der Waals surface area contributed by atoms with E-state index in [0.29, 0.717) is 10.8 Å². The van der Waals surface area contributed by atoms with Crippen LogP contribution >= 0.6 is 0 Å². The van der Waals surface area contributed by atoms with Crippen molar-refractivity contribution in [2.24, 2.45) is 0 Å². The van der Waals surface area contributed by atoms with Gasteiger partial charge in [0.15, 0.2) is 0 Å². The molecule has 0 amide bonds. The van der Waals surface area contributed by atoms with E-state index in [9.17, 15) is 9.18 Å². The molecular formula is C14H18FN3O. The average Bonchev–Trinajstić information content (AvgIpc) is 2.96. The van der Waals surface area contributed by atoms with Gasteiger partial charge in [0.25, 0.3) is 5.56 Å². The fourth-order valence-electron chi connectivity index (χ4n) is 2.30. The molecule has 1 unspecified atom stereocenters. The highest BCUT2D eigenvalue weighted by atomic mass is 19.1. The fourth-order valence-corrected chi connectivity index (χ4v) is 2.30. The van der Waals surface area contributed by atoms with Gasteiger partial charge >= 0.3 is 0 Å². The minimum Gasteiger partial charge on any atom is -0.325 e. The molecule has 0 aromatic carbocycles. The molecule has 3 rings (SSSR count). The van der Waals surface area contributed by atoms with E-state index >= 15 is 0 Å². The SMILES string of the molecule is CC.O=c1[nH]c(C2CCNC2)cc2c(F)cncc12. The Balaban J connectivity index is 0.000000637. The lowest BCUT2D eigenvalue weighted by molar-refractivity contribution is 0.632. The van der Waals surface area contributed by atoms with Crippen LogP contribution in [0.3, 0.4) is 0 Å². The Hall–Kier alpha value is -1.75. The molecule has 1 saturated heterocycles. The first kappa shape index (κ1) is 13.7. The molecule has 1 aliphatic heterocycles. The molecule has 0 radical (unpaired) electrons. The third-order valence-corrected chi connectivity index (χ3v) is 3.24. The molecule has 0 spiro atoms. The summed E-state index contributed by atoms with van der Waals surface area (Å²) in [6.45, 7) is 5.76. The number of aromatic nitrogens is 2. The van der Waals surface area contributed by atoms with Crippen molar-refractivity contribution in [1.29, 1.82) is 0 Å². The highest BCUT2D eigenvalue weighted by Gasteiger charge is 2.19. The van der Waals surface area contributed by atoms with Gasteiger partial charge in [-0.15, -0.1) is 0 Å². The van der Waals surface area contributed by atoms with Crippen LogP contribution in [0.25, 0.3) is 10.8 Å². The molecule has 1 fully saturated rings. The van der Waals surface area contributed by atoms with E-state index in [1.54, 1.807) is 6.07 Å². The van der Waals surface area contributed by atoms with Gasteiger partial charge in [0.05, 0.1) is 11.6 Å². The molecule has 2 aromatic rings. The van der Waals surface area contributed by atoms with Crippen LogP contribution in [-0.4, -0.2) is 23.1 Å². The quantitative estimate of drug-likeness (QED) is 0.829. The molecule has 3 heterocycles. The molecule has 2 aromatic heterocycles. The van der Waals surface area contributed by atoms with Crippen LogP contribution in [0.5, 0.6) is 0 Å². The number of hydrogen-bond donors (Lipinski definition) is 2. The standard InChI is InChI=1S/C12H12FN3O.C2H6/c13-10-6-15-5-9-8(10)3-11(16-12(9)17)7-1-2-14-4-7;1-2/h3,5-7,14H,1-2,4H2,(H,16,17);1-2H3. The molecule has 0 saturated carbocycles. The first-order chi connectivity index (χ1) is 9.25. The molecule has 2 N–H and O–H groups in total. The second kappa shape index (κ2) is 5.93. The number of pyridine rings is 2. The van der Waals surface area contributed by atoms with Crippen molar-refractivity contribution in [2.75, 3.05) is 13.1 Å². The average molecular weight is 263 g/mol. The zero-order valence-corrected chi connectivity index (χ0v) is 11.2. The molecule has 102 valence electrons. The maximum Gasteiger partial charge on any atom is 0.257 e. The Morgan fingerprint density at radius 2 is 2.11 bits per heavy atom. The van der Waals surface area contributed by atoms with Crippen LogP contribution in [0.4, 0.5) is 4.39 Å². The maximum atomic E-state index is 13.6. The summed E-state index contributed by atoms with van der Waals surface area (Å²) in [6, 6.07) is 1.73. The van der Waals surface area contributed by atoms with Gasteiger partial charge < -0.3 is 10.3 Å². The van der Waals surface area contributed by atoms with Gasteiger partial charge in [0.1, 0.15) is 5.82 Å². The van der Waals surface area contributed by atoms with Crippen LogP contribution in [-0.2, 0) is 0 Å². The van der Waals surface area contributed by atoms with E-state index in [0.717, 1.165) is 31.4 Å². The smallest absolute Gasteiger partial charge is 0.257 e. The molecule has 5 heteroatoms. The van der Waals surface area contributed by atoms with Crippen LogP contribution in [0, 0.1) is 5.82 Å². The molecule has 1 aliphatic rings. The third-order valence-electron chi connectivity index (χ3n) is 3.24. The molecule has 1 atom stereocenters. The second-order valence-electron chi connectivity index (χ2n) is 4.33. The summed E-state index contributed by atoms with van der Waals surface area (Å²) in [4.78, 5) is 18.3. The van der Waals surface area contributed by atoms with E-state index in [-0.39, 0.29) is 11.5 Å². The lowest BCUT2D eigenvalue weighted by Gasteiger charge is -2.09. The maximum absolute atomic E-state index is 13.6. The van der Waals surface area contributed by atoms with Crippen LogP contribution in [0.2, 0.25) is 0 Å². The first-order valence-corrected chi connectivity index (χ1v) is 6.63. The van der Waals surface area contributed by atoms with Crippen molar-refractivity contribution >= 4 is 10.8 Å². The summed E-state index contributed by atoms with van der Waals surface area (Å²) in [6.07, 6.45) is 3.50. The van der Waals surface area contributed by atoms with Crippen LogP contribution < -0.4 is 10.9 Å². The Morgan fingerprint density at radius 1 is 1.32 bits per heavy atom. The van der Waals surface area contributed by atoms with Gasteiger partial charge in [-0.05, 0) is 19.0 Å². The topological polar surface area (TPSA) is 57.8 Å². The Morgan fingerprint density at radius 3 is 2.79 bits per heavy atom. The van der Waals surface area contributed by atoms with Gasteiger partial charge in [-0.3, -0.25) is 9.78 Å². The van der Waals surface area contributed by atoms with E-state index in [4.69, 9.17) is 0 Å². The second-order valence-corrected chi connectivity index (χ2v) is 4.33. The Labute approximate surface area is 111 Å². The van der Waals surface area contributed by atoms with Crippen molar-refractivity contribution in [3.8, 4) is 0 Å². The number of fused-ring (bicyclic) bond motifs is 1. The van der Waals surface area contributed by atoms with Gasteiger partial charge in [0, 0.05) is 29.7 Å². The minimum absolute atomic E-state index is 0.264. The largest absolute Gasteiger partial charge is 0.325 e. The first-order valence-electron chi connectivity index (χ1n) is 6.63. The molecule has 0 bridgehead atoms. The van der Waals surface area contributed by atoms with Crippen molar-refractivity contribution < 1.29 is 4.39 Å². The normalized spacial score (nSPS) is 18.2. The van der Waals surface area contributed by atoms with E-state index in [1.807, 2.05) is 13.8 Å². The fraction of sp³-hybridized carbons (Fsp3) is 0.429. The molecule has 19 heavy (non-hydrogen) atoms. The van der Waals surface area contributed by atoms with Crippen molar-refractivity contribution in [3.05, 3.63) is 40.3 Å². The summed E-state index contributed by atoms with van der Waals surface area (Å²) in [5.41, 5.74) is 0.536. The number of aromatic amines is 1. The Bertz CT molecular complexity index is 618. The van der Waals surface area contributed by atoms with Crippen molar-refractivity contribution in [3.63, 3.8) is 0 Å². The monoisotopic (exact) mass is 263 g/mol. The van der Waals surface area contributed by atoms with Gasteiger partial charge in [0.2, 0.25) is 0 Å². The number of nitrogens with zero attached hydrogens (tertiary/aromatic N) is 1. The van der Waals surface area contributed by atoms with Gasteiger partial charge in [-0.25, -0.2) is 4.39 Å². The van der Waals surface area contributed by atoms with E-state index < -0.39 is 5.82 Å². The predicted molar refractivity (Wildman–Crippen MR) is 73.9 cm³/mol. The lowest BCUT2D eigenvalue weighted by Crippen LogP contribution is -2.15.